The molecule has 0 aromatic rings. The summed E-state index contributed by atoms with van der Waals surface area (Å²) in [4.78, 5) is 13.6. The predicted octanol–water partition coefficient (Wildman–Crippen LogP) is 0.623. The lowest BCUT2D eigenvalue weighted by atomic mass is 10.0. The predicted molar refractivity (Wildman–Crippen MR) is 59.8 cm³/mol. The Kier molecular flexibility index (Phi) is 4.54. The largest absolute Gasteiger partial charge is 0.379 e. The molecule has 1 aliphatic heterocycles. The summed E-state index contributed by atoms with van der Waals surface area (Å²) in [5, 5.41) is 2.95. The highest BCUT2D eigenvalue weighted by Gasteiger charge is 2.28. The molecule has 4 nitrogen and oxygen atoms in total. The lowest BCUT2D eigenvalue weighted by Gasteiger charge is -2.40. The second-order valence-corrected chi connectivity index (χ2v) is 4.54. The molecule has 1 fully saturated rings. The summed E-state index contributed by atoms with van der Waals surface area (Å²) in [6.07, 6.45) is 0.555. The van der Waals surface area contributed by atoms with Crippen LogP contribution in [0.2, 0.25) is 0 Å². The van der Waals surface area contributed by atoms with E-state index in [-0.39, 0.29) is 11.4 Å². The summed E-state index contributed by atoms with van der Waals surface area (Å²) in [7, 11) is 0. The number of carbonyl (C=O) groups is 1. The maximum atomic E-state index is 11.2. The van der Waals surface area contributed by atoms with Crippen LogP contribution in [0.5, 0.6) is 0 Å². The van der Waals surface area contributed by atoms with Crippen LogP contribution in [0.15, 0.2) is 0 Å². The summed E-state index contributed by atoms with van der Waals surface area (Å²) in [6.45, 7) is 10.4. The lowest BCUT2D eigenvalue weighted by molar-refractivity contribution is -0.121. The van der Waals surface area contributed by atoms with E-state index in [9.17, 15) is 4.79 Å². The maximum Gasteiger partial charge on any atom is 0.219 e. The summed E-state index contributed by atoms with van der Waals surface area (Å²) in [5.74, 6) is 0.122. The van der Waals surface area contributed by atoms with Gasteiger partial charge in [0.15, 0.2) is 0 Å². The summed E-state index contributed by atoms with van der Waals surface area (Å²) < 4.78 is 5.31. The first-order chi connectivity index (χ1) is 7.06. The molecule has 1 heterocycles. The van der Waals surface area contributed by atoms with E-state index in [1.807, 2.05) is 6.92 Å². The number of amides is 1. The van der Waals surface area contributed by atoms with Gasteiger partial charge in [0, 0.05) is 31.6 Å². The third kappa shape index (κ3) is 3.80. The molecule has 0 aromatic carbocycles. The van der Waals surface area contributed by atoms with Gasteiger partial charge >= 0.3 is 0 Å². The van der Waals surface area contributed by atoms with Gasteiger partial charge in [-0.2, -0.15) is 0 Å². The van der Waals surface area contributed by atoms with Crippen LogP contribution < -0.4 is 5.32 Å². The van der Waals surface area contributed by atoms with E-state index in [4.69, 9.17) is 4.74 Å². The monoisotopic (exact) mass is 214 g/mol. The van der Waals surface area contributed by atoms with Gasteiger partial charge in [0.2, 0.25) is 5.91 Å². The number of nitrogens with zero attached hydrogens (tertiary/aromatic N) is 1. The highest BCUT2D eigenvalue weighted by atomic mass is 16.5. The van der Waals surface area contributed by atoms with Crippen molar-refractivity contribution in [1.29, 1.82) is 0 Å². The normalized spacial score (nSPS) is 18.9. The molecular formula is C11H22N2O2. The molecule has 0 saturated carbocycles. The minimum absolute atomic E-state index is 0.0224. The molecule has 0 atom stereocenters. The van der Waals surface area contributed by atoms with E-state index in [2.05, 4.69) is 24.1 Å². The van der Waals surface area contributed by atoms with Crippen molar-refractivity contribution in [2.75, 3.05) is 32.8 Å². The van der Waals surface area contributed by atoms with Gasteiger partial charge in [-0.1, -0.05) is 6.92 Å². The second-order valence-electron chi connectivity index (χ2n) is 4.54. The number of hydrogen-bond donors (Lipinski definition) is 1. The van der Waals surface area contributed by atoms with Crippen molar-refractivity contribution in [2.24, 2.45) is 0 Å². The molecule has 1 N–H and O–H groups in total. The molecule has 1 saturated heterocycles. The maximum absolute atomic E-state index is 11.2. The van der Waals surface area contributed by atoms with Crippen LogP contribution in [-0.4, -0.2) is 49.2 Å². The molecule has 1 rings (SSSR count). The summed E-state index contributed by atoms with van der Waals surface area (Å²) in [5.41, 5.74) is 0.0224. The standard InChI is InChI=1S/C11H22N2O2/c1-4-10(14)12-9-11(2,3)13-5-7-15-8-6-13/h4-9H2,1-3H3,(H,12,14). The highest BCUT2D eigenvalue weighted by Crippen LogP contribution is 2.14. The van der Waals surface area contributed by atoms with Crippen molar-refractivity contribution < 1.29 is 9.53 Å². The minimum atomic E-state index is 0.0224. The average Bonchev–Trinajstić information content (AvgIpc) is 2.27. The van der Waals surface area contributed by atoms with E-state index in [1.165, 1.54) is 0 Å². The summed E-state index contributed by atoms with van der Waals surface area (Å²) >= 11 is 0. The van der Waals surface area contributed by atoms with E-state index in [0.717, 1.165) is 26.3 Å². The topological polar surface area (TPSA) is 41.6 Å². The van der Waals surface area contributed by atoms with E-state index in [1.54, 1.807) is 0 Å². The van der Waals surface area contributed by atoms with Crippen LogP contribution >= 0.6 is 0 Å². The van der Waals surface area contributed by atoms with Gasteiger partial charge in [-0.3, -0.25) is 9.69 Å². The van der Waals surface area contributed by atoms with Gasteiger partial charge in [0.25, 0.3) is 0 Å². The molecule has 0 aromatic heterocycles. The minimum Gasteiger partial charge on any atom is -0.379 e. The van der Waals surface area contributed by atoms with Gasteiger partial charge < -0.3 is 10.1 Å². The third-order valence-corrected chi connectivity index (χ3v) is 2.91. The van der Waals surface area contributed by atoms with Crippen LogP contribution in [0, 0.1) is 0 Å². The van der Waals surface area contributed by atoms with Gasteiger partial charge in [0.1, 0.15) is 0 Å². The Morgan fingerprint density at radius 2 is 2.00 bits per heavy atom. The highest BCUT2D eigenvalue weighted by molar-refractivity contribution is 5.75. The van der Waals surface area contributed by atoms with E-state index in [0.29, 0.717) is 13.0 Å². The Morgan fingerprint density at radius 3 is 2.53 bits per heavy atom. The molecule has 0 radical (unpaired) electrons. The first kappa shape index (κ1) is 12.5. The number of nitrogens with one attached hydrogen (secondary N) is 1. The SMILES string of the molecule is CCC(=O)NCC(C)(C)N1CCOCC1. The van der Waals surface area contributed by atoms with Crippen LogP contribution in [0.1, 0.15) is 27.2 Å². The quantitative estimate of drug-likeness (QED) is 0.746. The third-order valence-electron chi connectivity index (χ3n) is 2.91. The zero-order valence-electron chi connectivity index (χ0n) is 10.0. The fourth-order valence-corrected chi connectivity index (χ4v) is 1.72. The van der Waals surface area contributed by atoms with Gasteiger partial charge in [-0.05, 0) is 13.8 Å². The van der Waals surface area contributed by atoms with Crippen LogP contribution in [0.4, 0.5) is 0 Å². The first-order valence-electron chi connectivity index (χ1n) is 5.66. The fraction of sp³-hybridized carbons (Fsp3) is 0.909. The van der Waals surface area contributed by atoms with E-state index < -0.39 is 0 Å². The summed E-state index contributed by atoms with van der Waals surface area (Å²) in [6, 6.07) is 0. The molecule has 0 unspecified atom stereocenters. The molecular weight excluding hydrogens is 192 g/mol. The molecule has 88 valence electrons. The van der Waals surface area contributed by atoms with Gasteiger partial charge in [0.05, 0.1) is 13.2 Å². The fourth-order valence-electron chi connectivity index (χ4n) is 1.72. The number of ether oxygens (including phenoxy) is 1. The molecule has 1 aliphatic rings. The zero-order chi connectivity index (χ0) is 11.3. The molecule has 1 amide bonds. The average molecular weight is 214 g/mol. The zero-order valence-corrected chi connectivity index (χ0v) is 10.0. The van der Waals surface area contributed by atoms with Gasteiger partial charge in [-0.25, -0.2) is 0 Å². The Balaban J connectivity index is 2.38. The van der Waals surface area contributed by atoms with Crippen molar-refractivity contribution in [2.45, 2.75) is 32.7 Å². The van der Waals surface area contributed by atoms with Gasteiger partial charge in [-0.15, -0.1) is 0 Å². The molecule has 0 bridgehead atoms. The van der Waals surface area contributed by atoms with Crippen molar-refractivity contribution >= 4 is 5.91 Å². The smallest absolute Gasteiger partial charge is 0.219 e. The number of rotatable bonds is 4. The van der Waals surface area contributed by atoms with E-state index >= 15 is 0 Å². The number of morpholine rings is 1. The number of carbonyl (C=O) groups excluding carboxylic acids is 1. The lowest BCUT2D eigenvalue weighted by Crippen LogP contribution is -2.55. The van der Waals surface area contributed by atoms with Crippen molar-refractivity contribution in [3.63, 3.8) is 0 Å². The van der Waals surface area contributed by atoms with Crippen LogP contribution in [-0.2, 0) is 9.53 Å². The van der Waals surface area contributed by atoms with Crippen LogP contribution in [0.3, 0.4) is 0 Å². The van der Waals surface area contributed by atoms with Crippen molar-refractivity contribution in [3.05, 3.63) is 0 Å². The second kappa shape index (κ2) is 5.47. The number of hydrogen-bond acceptors (Lipinski definition) is 3. The first-order valence-corrected chi connectivity index (χ1v) is 5.66. The molecule has 0 spiro atoms. The molecule has 15 heavy (non-hydrogen) atoms. The Bertz CT molecular complexity index is 211. The van der Waals surface area contributed by atoms with Crippen LogP contribution in [0.25, 0.3) is 0 Å². The Labute approximate surface area is 92.0 Å². The Hall–Kier alpha value is -0.610. The van der Waals surface area contributed by atoms with Crippen molar-refractivity contribution in [3.8, 4) is 0 Å². The Morgan fingerprint density at radius 1 is 1.40 bits per heavy atom. The molecule has 0 aliphatic carbocycles. The van der Waals surface area contributed by atoms with Crippen molar-refractivity contribution in [1.82, 2.24) is 10.2 Å². The molecule has 4 heteroatoms.